The summed E-state index contributed by atoms with van der Waals surface area (Å²) in [6.07, 6.45) is 1.40. The minimum absolute atomic E-state index is 0.0965. The Hall–Kier alpha value is -3.09. The van der Waals surface area contributed by atoms with Gasteiger partial charge in [0.2, 0.25) is 5.91 Å². The van der Waals surface area contributed by atoms with Crippen molar-refractivity contribution in [3.63, 3.8) is 0 Å². The SMILES string of the molecule is Cc1cc(-c2ccc(N3CCCC3=O)c(Cl)c2)c(O)c(-c2cccc(N3CCN(C(C)(C)C)CC3)c2)n1. The Bertz CT molecular complexity index is 1330. The van der Waals surface area contributed by atoms with E-state index in [1.165, 1.54) is 0 Å². The van der Waals surface area contributed by atoms with Gasteiger partial charge in [0.1, 0.15) is 11.4 Å². The number of aryl methyl sites for hydroxylation is 1. The summed E-state index contributed by atoms with van der Waals surface area (Å²) in [7, 11) is 0. The molecule has 1 amide bonds. The number of halogens is 1. The first-order valence-electron chi connectivity index (χ1n) is 13.0. The summed E-state index contributed by atoms with van der Waals surface area (Å²) in [6, 6.07) is 15.8. The zero-order valence-electron chi connectivity index (χ0n) is 22.1. The lowest BCUT2D eigenvalue weighted by atomic mass is 9.99. The zero-order chi connectivity index (χ0) is 26.3. The molecule has 0 saturated carbocycles. The highest BCUT2D eigenvalue weighted by Gasteiger charge is 2.27. The Morgan fingerprint density at radius 1 is 0.946 bits per heavy atom. The maximum Gasteiger partial charge on any atom is 0.227 e. The molecule has 0 unspecified atom stereocenters. The van der Waals surface area contributed by atoms with E-state index in [0.29, 0.717) is 29.2 Å². The summed E-state index contributed by atoms with van der Waals surface area (Å²) in [5.74, 6) is 0.223. The minimum atomic E-state index is 0.0965. The molecule has 7 heteroatoms. The number of rotatable bonds is 4. The molecule has 3 aromatic rings. The maximum atomic E-state index is 12.2. The van der Waals surface area contributed by atoms with Crippen LogP contribution >= 0.6 is 11.6 Å². The molecule has 0 aliphatic carbocycles. The molecule has 1 N–H and O–H groups in total. The molecule has 0 radical (unpaired) electrons. The van der Waals surface area contributed by atoms with E-state index in [9.17, 15) is 9.90 Å². The van der Waals surface area contributed by atoms with E-state index in [1.54, 1.807) is 4.90 Å². The second-order valence-electron chi connectivity index (χ2n) is 11.0. The fraction of sp³-hybridized carbons (Fsp3) is 0.400. The first-order chi connectivity index (χ1) is 17.6. The summed E-state index contributed by atoms with van der Waals surface area (Å²) in [5.41, 5.74) is 5.74. The molecule has 2 saturated heterocycles. The van der Waals surface area contributed by atoms with Crippen molar-refractivity contribution in [1.82, 2.24) is 9.88 Å². The van der Waals surface area contributed by atoms with Gasteiger partial charge >= 0.3 is 0 Å². The fourth-order valence-corrected chi connectivity index (χ4v) is 5.65. The molecule has 5 rings (SSSR count). The van der Waals surface area contributed by atoms with E-state index in [4.69, 9.17) is 16.6 Å². The van der Waals surface area contributed by atoms with Gasteiger partial charge in [-0.05, 0) is 70.0 Å². The smallest absolute Gasteiger partial charge is 0.227 e. The van der Waals surface area contributed by atoms with Crippen LogP contribution in [0.1, 0.15) is 39.3 Å². The van der Waals surface area contributed by atoms with Crippen molar-refractivity contribution in [3.05, 3.63) is 59.2 Å². The molecule has 1 aromatic heterocycles. The molecule has 3 heterocycles. The van der Waals surface area contributed by atoms with Crippen LogP contribution in [0.4, 0.5) is 11.4 Å². The Morgan fingerprint density at radius 2 is 1.70 bits per heavy atom. The second kappa shape index (κ2) is 9.99. The number of nitrogens with zero attached hydrogens (tertiary/aromatic N) is 4. The largest absolute Gasteiger partial charge is 0.505 e. The van der Waals surface area contributed by atoms with Crippen molar-refractivity contribution >= 4 is 28.9 Å². The Morgan fingerprint density at radius 3 is 2.35 bits per heavy atom. The zero-order valence-corrected chi connectivity index (χ0v) is 22.8. The summed E-state index contributed by atoms with van der Waals surface area (Å²) in [5, 5.41) is 11.9. The fourth-order valence-electron chi connectivity index (χ4n) is 5.37. The molecular formula is C30H35ClN4O2. The highest BCUT2D eigenvalue weighted by Crippen LogP contribution is 2.41. The van der Waals surface area contributed by atoms with Crippen LogP contribution in [0.2, 0.25) is 5.02 Å². The van der Waals surface area contributed by atoms with Gasteiger partial charge in [0.15, 0.2) is 0 Å². The summed E-state index contributed by atoms with van der Waals surface area (Å²) in [4.78, 5) is 23.6. The number of carbonyl (C=O) groups is 1. The molecule has 194 valence electrons. The van der Waals surface area contributed by atoms with Crippen molar-refractivity contribution < 1.29 is 9.90 Å². The van der Waals surface area contributed by atoms with Gasteiger partial charge in [0.25, 0.3) is 0 Å². The summed E-state index contributed by atoms with van der Waals surface area (Å²) < 4.78 is 0. The number of carbonyl (C=O) groups excluding carboxylic acids is 1. The predicted octanol–water partition coefficient (Wildman–Crippen LogP) is 6.13. The third-order valence-electron chi connectivity index (χ3n) is 7.46. The van der Waals surface area contributed by atoms with Gasteiger partial charge in [0, 0.05) is 67.2 Å². The number of hydrogen-bond acceptors (Lipinski definition) is 5. The molecule has 2 fully saturated rings. The first kappa shape index (κ1) is 25.6. The van der Waals surface area contributed by atoms with Gasteiger partial charge in [-0.3, -0.25) is 9.69 Å². The van der Waals surface area contributed by atoms with Crippen molar-refractivity contribution in [1.29, 1.82) is 0 Å². The average molecular weight is 519 g/mol. The molecule has 0 atom stereocenters. The number of benzene rings is 2. The number of anilines is 2. The molecule has 37 heavy (non-hydrogen) atoms. The van der Waals surface area contributed by atoms with Gasteiger partial charge in [-0.25, -0.2) is 4.98 Å². The lowest BCUT2D eigenvalue weighted by molar-refractivity contribution is -0.117. The Kier molecular flexibility index (Phi) is 6.90. The molecule has 0 spiro atoms. The standard InChI is InChI=1S/C30H35ClN4O2/c1-20-17-24(21-10-11-26(25(31)19-21)35-12-6-9-27(35)36)29(37)28(32-20)22-7-5-8-23(18-22)33-13-15-34(16-14-33)30(2,3)4/h5,7-8,10-11,17-19,37H,6,9,12-16H2,1-4H3. The van der Waals surface area contributed by atoms with Crippen molar-refractivity contribution in [2.24, 2.45) is 0 Å². The van der Waals surface area contributed by atoms with E-state index in [2.05, 4.69) is 42.7 Å². The van der Waals surface area contributed by atoms with Crippen molar-refractivity contribution in [2.45, 2.75) is 46.1 Å². The molecular weight excluding hydrogens is 484 g/mol. The van der Waals surface area contributed by atoms with Crippen LogP contribution < -0.4 is 9.80 Å². The monoisotopic (exact) mass is 518 g/mol. The summed E-state index contributed by atoms with van der Waals surface area (Å²) in [6.45, 7) is 13.4. The molecule has 0 bridgehead atoms. The minimum Gasteiger partial charge on any atom is -0.505 e. The van der Waals surface area contributed by atoms with E-state index < -0.39 is 0 Å². The number of amides is 1. The third kappa shape index (κ3) is 5.18. The van der Waals surface area contributed by atoms with Crippen LogP contribution in [0, 0.1) is 6.92 Å². The average Bonchev–Trinajstić information content (AvgIpc) is 3.30. The number of pyridine rings is 1. The second-order valence-corrected chi connectivity index (χ2v) is 11.4. The van der Waals surface area contributed by atoms with Crippen LogP contribution in [0.3, 0.4) is 0 Å². The number of aromatic nitrogens is 1. The lowest BCUT2D eigenvalue weighted by Gasteiger charge is -2.43. The van der Waals surface area contributed by atoms with E-state index >= 15 is 0 Å². The molecule has 6 nitrogen and oxygen atoms in total. The predicted molar refractivity (Wildman–Crippen MR) is 152 cm³/mol. The summed E-state index contributed by atoms with van der Waals surface area (Å²) >= 11 is 6.62. The third-order valence-corrected chi connectivity index (χ3v) is 7.76. The van der Waals surface area contributed by atoms with Crippen LogP contribution in [-0.4, -0.2) is 59.2 Å². The van der Waals surface area contributed by atoms with Crippen molar-refractivity contribution in [3.8, 4) is 28.1 Å². The highest BCUT2D eigenvalue weighted by molar-refractivity contribution is 6.34. The quantitative estimate of drug-likeness (QED) is 0.450. The Balaban J connectivity index is 1.44. The van der Waals surface area contributed by atoms with Crippen LogP contribution in [-0.2, 0) is 4.79 Å². The van der Waals surface area contributed by atoms with E-state index in [0.717, 1.165) is 60.8 Å². The van der Waals surface area contributed by atoms with Crippen LogP contribution in [0.25, 0.3) is 22.4 Å². The van der Waals surface area contributed by atoms with Gasteiger partial charge in [-0.15, -0.1) is 0 Å². The van der Waals surface area contributed by atoms with Crippen LogP contribution in [0.5, 0.6) is 5.75 Å². The Labute approximate surface area is 224 Å². The van der Waals surface area contributed by atoms with Gasteiger partial charge < -0.3 is 14.9 Å². The van der Waals surface area contributed by atoms with E-state index in [1.807, 2.05) is 43.3 Å². The first-order valence-corrected chi connectivity index (χ1v) is 13.4. The van der Waals surface area contributed by atoms with E-state index in [-0.39, 0.29) is 17.2 Å². The topological polar surface area (TPSA) is 59.9 Å². The lowest BCUT2D eigenvalue weighted by Crippen LogP contribution is -2.53. The molecule has 2 aromatic carbocycles. The van der Waals surface area contributed by atoms with Gasteiger partial charge in [-0.2, -0.15) is 0 Å². The number of piperazine rings is 1. The molecule has 2 aliphatic rings. The van der Waals surface area contributed by atoms with Gasteiger partial charge in [0.05, 0.1) is 10.7 Å². The highest BCUT2D eigenvalue weighted by atomic mass is 35.5. The van der Waals surface area contributed by atoms with Crippen LogP contribution in [0.15, 0.2) is 48.5 Å². The maximum absolute atomic E-state index is 12.2. The number of aromatic hydroxyl groups is 1. The molecule has 2 aliphatic heterocycles. The normalized spacial score (nSPS) is 17.1. The van der Waals surface area contributed by atoms with Gasteiger partial charge in [-0.1, -0.05) is 29.8 Å². The number of hydrogen-bond donors (Lipinski definition) is 1. The van der Waals surface area contributed by atoms with Crippen molar-refractivity contribution in [2.75, 3.05) is 42.5 Å².